The number of rotatable bonds is 5. The van der Waals surface area contributed by atoms with Gasteiger partial charge in [-0.2, -0.15) is 0 Å². The minimum atomic E-state index is -0.130. The summed E-state index contributed by atoms with van der Waals surface area (Å²) in [5.41, 5.74) is 4.02. The molecule has 0 saturated carbocycles. The number of benzene rings is 2. The Morgan fingerprint density at radius 2 is 1.73 bits per heavy atom. The third-order valence-electron chi connectivity index (χ3n) is 5.80. The Balaban J connectivity index is 1.53. The number of anilines is 1. The molecule has 2 aromatic carbocycles. The average Bonchev–Trinajstić information content (AvgIpc) is 3.00. The van der Waals surface area contributed by atoms with Crippen LogP contribution in [0.1, 0.15) is 11.3 Å². The van der Waals surface area contributed by atoms with E-state index in [1.807, 2.05) is 54.2 Å². The van der Waals surface area contributed by atoms with Crippen LogP contribution < -0.4 is 15.2 Å². The van der Waals surface area contributed by atoms with E-state index in [1.165, 1.54) is 11.3 Å². The number of halogens is 1. The molecule has 1 aliphatic heterocycles. The van der Waals surface area contributed by atoms with Crippen LogP contribution in [0.3, 0.4) is 0 Å². The topological polar surface area (TPSA) is 42.6 Å². The predicted octanol–water partition coefficient (Wildman–Crippen LogP) is 3.47. The number of methoxy groups -OCH3 is 1. The normalized spacial score (nSPS) is 14.9. The zero-order valence-corrected chi connectivity index (χ0v) is 18.4. The number of hydrogen-bond acceptors (Lipinski definition) is 4. The Morgan fingerprint density at radius 3 is 2.40 bits per heavy atom. The number of para-hydroxylation sites is 1. The molecule has 7 heteroatoms. The standard InChI is InChI=1S/C23H27ClN4O2/c1-17-9-10-18(24)15-20(17)27-13-11-26(12-14-27)16-21-22(30-3)23(29)28(25(21)2)19-7-5-4-6-8-19/h4-10,15H,11-14,16H2,1-3H3. The van der Waals surface area contributed by atoms with Crippen molar-refractivity contribution in [2.24, 2.45) is 7.05 Å². The van der Waals surface area contributed by atoms with Gasteiger partial charge in [-0.05, 0) is 36.8 Å². The first-order valence-electron chi connectivity index (χ1n) is 10.1. The molecule has 0 bridgehead atoms. The first-order valence-corrected chi connectivity index (χ1v) is 10.5. The summed E-state index contributed by atoms with van der Waals surface area (Å²) in [7, 11) is 3.48. The van der Waals surface area contributed by atoms with E-state index in [1.54, 1.807) is 11.8 Å². The molecule has 0 radical (unpaired) electrons. The fourth-order valence-electron chi connectivity index (χ4n) is 4.14. The van der Waals surface area contributed by atoms with Crippen LogP contribution in [0.4, 0.5) is 5.69 Å². The van der Waals surface area contributed by atoms with Gasteiger partial charge in [0.25, 0.3) is 0 Å². The molecule has 1 saturated heterocycles. The molecule has 1 aliphatic rings. The summed E-state index contributed by atoms with van der Waals surface area (Å²) in [5, 5.41) is 0.764. The number of aryl methyl sites for hydroxylation is 1. The number of piperazine rings is 1. The molecule has 0 unspecified atom stereocenters. The molecular weight excluding hydrogens is 400 g/mol. The zero-order valence-electron chi connectivity index (χ0n) is 17.6. The van der Waals surface area contributed by atoms with Gasteiger partial charge in [0, 0.05) is 50.5 Å². The lowest BCUT2D eigenvalue weighted by Crippen LogP contribution is -2.46. The van der Waals surface area contributed by atoms with E-state index < -0.39 is 0 Å². The van der Waals surface area contributed by atoms with Crippen molar-refractivity contribution in [1.82, 2.24) is 14.3 Å². The van der Waals surface area contributed by atoms with Gasteiger partial charge < -0.3 is 9.64 Å². The minimum absolute atomic E-state index is 0.130. The fraction of sp³-hybridized carbons (Fsp3) is 0.348. The molecule has 0 amide bonds. The van der Waals surface area contributed by atoms with Crippen LogP contribution in [0.5, 0.6) is 5.75 Å². The highest BCUT2D eigenvalue weighted by molar-refractivity contribution is 6.30. The molecule has 1 fully saturated rings. The molecule has 158 valence electrons. The first-order chi connectivity index (χ1) is 14.5. The van der Waals surface area contributed by atoms with Gasteiger partial charge in [-0.15, -0.1) is 0 Å². The Hall–Kier alpha value is -2.70. The maximum atomic E-state index is 13.0. The van der Waals surface area contributed by atoms with E-state index in [4.69, 9.17) is 16.3 Å². The molecule has 0 N–H and O–H groups in total. The lowest BCUT2D eigenvalue weighted by molar-refractivity contribution is 0.239. The molecule has 30 heavy (non-hydrogen) atoms. The van der Waals surface area contributed by atoms with E-state index in [0.29, 0.717) is 12.3 Å². The fourth-order valence-corrected chi connectivity index (χ4v) is 4.31. The van der Waals surface area contributed by atoms with Gasteiger partial charge in [0.15, 0.2) is 0 Å². The van der Waals surface area contributed by atoms with Crippen molar-refractivity contribution in [3.8, 4) is 11.4 Å². The monoisotopic (exact) mass is 426 g/mol. The van der Waals surface area contributed by atoms with E-state index in [0.717, 1.165) is 42.6 Å². The highest BCUT2D eigenvalue weighted by Gasteiger charge is 2.24. The summed E-state index contributed by atoms with van der Waals surface area (Å²) in [6.07, 6.45) is 0. The van der Waals surface area contributed by atoms with Gasteiger partial charge in [0.2, 0.25) is 5.75 Å². The van der Waals surface area contributed by atoms with Gasteiger partial charge in [0.05, 0.1) is 18.5 Å². The second-order valence-corrected chi connectivity index (χ2v) is 8.09. The Bertz CT molecular complexity index is 1080. The van der Waals surface area contributed by atoms with Crippen LogP contribution in [0.15, 0.2) is 53.3 Å². The molecule has 0 atom stereocenters. The summed E-state index contributed by atoms with van der Waals surface area (Å²) in [5.74, 6) is 0.412. The van der Waals surface area contributed by atoms with Gasteiger partial charge in [-0.3, -0.25) is 14.4 Å². The van der Waals surface area contributed by atoms with Crippen molar-refractivity contribution >= 4 is 17.3 Å². The molecule has 4 rings (SSSR count). The van der Waals surface area contributed by atoms with Crippen LogP contribution in [-0.2, 0) is 13.6 Å². The maximum absolute atomic E-state index is 13.0. The summed E-state index contributed by atoms with van der Waals surface area (Å²) in [6.45, 7) is 6.41. The minimum Gasteiger partial charge on any atom is -0.490 e. The zero-order chi connectivity index (χ0) is 21.3. The largest absolute Gasteiger partial charge is 0.490 e. The lowest BCUT2D eigenvalue weighted by atomic mass is 10.1. The summed E-state index contributed by atoms with van der Waals surface area (Å²) >= 11 is 6.20. The van der Waals surface area contributed by atoms with Gasteiger partial charge in [-0.1, -0.05) is 35.9 Å². The molecule has 0 aliphatic carbocycles. The molecular formula is C23H27ClN4O2. The molecule has 0 spiro atoms. The maximum Gasteiger partial charge on any atom is 0.314 e. The van der Waals surface area contributed by atoms with E-state index in [9.17, 15) is 4.79 Å². The molecule has 1 aromatic heterocycles. The second-order valence-electron chi connectivity index (χ2n) is 7.65. The van der Waals surface area contributed by atoms with E-state index >= 15 is 0 Å². The van der Waals surface area contributed by atoms with E-state index in [2.05, 4.69) is 22.8 Å². The summed E-state index contributed by atoms with van der Waals surface area (Å²) in [6, 6.07) is 15.7. The number of nitrogens with zero attached hydrogens (tertiary/aromatic N) is 4. The van der Waals surface area contributed by atoms with Gasteiger partial charge >= 0.3 is 5.56 Å². The molecule has 2 heterocycles. The Kier molecular flexibility index (Phi) is 5.88. The van der Waals surface area contributed by atoms with Gasteiger partial charge in [-0.25, -0.2) is 4.68 Å². The van der Waals surface area contributed by atoms with Crippen LogP contribution in [0.2, 0.25) is 5.02 Å². The molecule has 3 aromatic rings. The lowest BCUT2D eigenvalue weighted by Gasteiger charge is -2.37. The third-order valence-corrected chi connectivity index (χ3v) is 6.04. The number of ether oxygens (including phenoxy) is 1. The first kappa shape index (κ1) is 20.6. The van der Waals surface area contributed by atoms with Crippen molar-refractivity contribution in [1.29, 1.82) is 0 Å². The molecule has 6 nitrogen and oxygen atoms in total. The van der Waals surface area contributed by atoms with Crippen molar-refractivity contribution in [2.75, 3.05) is 38.2 Å². The van der Waals surface area contributed by atoms with Gasteiger partial charge in [0.1, 0.15) is 0 Å². The van der Waals surface area contributed by atoms with Crippen LogP contribution in [0, 0.1) is 6.92 Å². The van der Waals surface area contributed by atoms with Crippen molar-refractivity contribution in [3.05, 3.63) is 75.2 Å². The quantitative estimate of drug-likeness (QED) is 0.626. The van der Waals surface area contributed by atoms with Crippen molar-refractivity contribution in [3.63, 3.8) is 0 Å². The average molecular weight is 427 g/mol. The van der Waals surface area contributed by atoms with Crippen molar-refractivity contribution < 1.29 is 4.74 Å². The van der Waals surface area contributed by atoms with Crippen LogP contribution in [0.25, 0.3) is 5.69 Å². The second kappa shape index (κ2) is 8.58. The highest BCUT2D eigenvalue weighted by Crippen LogP contribution is 2.26. The number of aromatic nitrogens is 2. The van der Waals surface area contributed by atoms with Crippen molar-refractivity contribution in [2.45, 2.75) is 13.5 Å². The smallest absolute Gasteiger partial charge is 0.314 e. The predicted molar refractivity (Wildman–Crippen MR) is 121 cm³/mol. The van der Waals surface area contributed by atoms with Crippen LogP contribution in [-0.4, -0.2) is 47.6 Å². The Morgan fingerprint density at radius 1 is 1.03 bits per heavy atom. The third kappa shape index (κ3) is 3.85. The van der Waals surface area contributed by atoms with Crippen LogP contribution >= 0.6 is 11.6 Å². The number of hydrogen-bond donors (Lipinski definition) is 0. The van der Waals surface area contributed by atoms with E-state index in [-0.39, 0.29) is 5.56 Å². The SMILES string of the molecule is COc1c(CN2CCN(c3cc(Cl)ccc3C)CC2)n(C)n(-c2ccccc2)c1=O. The summed E-state index contributed by atoms with van der Waals surface area (Å²) in [4.78, 5) is 17.7. The summed E-state index contributed by atoms with van der Waals surface area (Å²) < 4.78 is 9.09. The highest BCUT2D eigenvalue weighted by atomic mass is 35.5. The Labute approximate surface area is 181 Å².